The van der Waals surface area contributed by atoms with Crippen LogP contribution in [0.2, 0.25) is 0 Å². The maximum absolute atomic E-state index is 12.9. The quantitative estimate of drug-likeness (QED) is 0.828. The molecular weight excluding hydrogens is 352 g/mol. The lowest BCUT2D eigenvalue weighted by Gasteiger charge is -2.26. The second-order valence-electron chi connectivity index (χ2n) is 6.92. The number of hydrogen-bond donors (Lipinski definition) is 0. The SMILES string of the molecule is O=C(c1ccoc1)N1CC[C@@H]2CCN(S(=O)(=O)c3ccccc3)CC[C@H]21. The van der Waals surface area contributed by atoms with E-state index in [4.69, 9.17) is 4.42 Å². The zero-order valence-electron chi connectivity index (χ0n) is 14.5. The summed E-state index contributed by atoms with van der Waals surface area (Å²) in [7, 11) is -3.48. The van der Waals surface area contributed by atoms with Crippen molar-refractivity contribution in [1.29, 1.82) is 0 Å². The van der Waals surface area contributed by atoms with E-state index in [1.165, 1.54) is 12.5 Å². The van der Waals surface area contributed by atoms with Gasteiger partial charge in [0.25, 0.3) is 5.91 Å². The van der Waals surface area contributed by atoms with Crippen molar-refractivity contribution in [2.24, 2.45) is 5.92 Å². The molecule has 2 atom stereocenters. The highest BCUT2D eigenvalue weighted by molar-refractivity contribution is 7.89. The lowest BCUT2D eigenvalue weighted by molar-refractivity contribution is 0.0713. The van der Waals surface area contributed by atoms with Gasteiger partial charge in [0.05, 0.1) is 16.7 Å². The van der Waals surface area contributed by atoms with Crippen molar-refractivity contribution in [1.82, 2.24) is 9.21 Å². The van der Waals surface area contributed by atoms with Crippen LogP contribution in [0, 0.1) is 5.92 Å². The Bertz CT molecular complexity index is 864. The van der Waals surface area contributed by atoms with E-state index in [1.807, 2.05) is 11.0 Å². The highest BCUT2D eigenvalue weighted by Crippen LogP contribution is 2.34. The first-order valence-corrected chi connectivity index (χ1v) is 10.4. The zero-order chi connectivity index (χ0) is 18.1. The summed E-state index contributed by atoms with van der Waals surface area (Å²) in [6.45, 7) is 1.67. The van der Waals surface area contributed by atoms with E-state index in [9.17, 15) is 13.2 Å². The van der Waals surface area contributed by atoms with Crippen LogP contribution >= 0.6 is 0 Å². The van der Waals surface area contributed by atoms with Crippen LogP contribution in [0.4, 0.5) is 0 Å². The number of likely N-dealkylation sites (tertiary alicyclic amines) is 1. The molecule has 2 aromatic rings. The van der Waals surface area contributed by atoms with Gasteiger partial charge < -0.3 is 9.32 Å². The van der Waals surface area contributed by atoms with Gasteiger partial charge in [0.2, 0.25) is 10.0 Å². The van der Waals surface area contributed by atoms with Crippen LogP contribution in [0.25, 0.3) is 0 Å². The zero-order valence-corrected chi connectivity index (χ0v) is 15.3. The molecule has 2 saturated heterocycles. The Labute approximate surface area is 153 Å². The van der Waals surface area contributed by atoms with Crippen LogP contribution in [0.5, 0.6) is 0 Å². The van der Waals surface area contributed by atoms with Crippen molar-refractivity contribution in [3.05, 3.63) is 54.5 Å². The summed E-state index contributed by atoms with van der Waals surface area (Å²) in [4.78, 5) is 14.9. The van der Waals surface area contributed by atoms with Crippen LogP contribution in [0.15, 0.2) is 58.2 Å². The van der Waals surface area contributed by atoms with Gasteiger partial charge in [-0.1, -0.05) is 18.2 Å². The van der Waals surface area contributed by atoms with E-state index in [2.05, 4.69) is 0 Å². The third-order valence-corrected chi connectivity index (χ3v) is 7.43. The number of amides is 1. The van der Waals surface area contributed by atoms with Gasteiger partial charge in [-0.05, 0) is 43.4 Å². The van der Waals surface area contributed by atoms with Crippen molar-refractivity contribution in [3.63, 3.8) is 0 Å². The Balaban J connectivity index is 1.51. The summed E-state index contributed by atoms with van der Waals surface area (Å²) in [5.41, 5.74) is 0.559. The number of nitrogens with zero attached hydrogens (tertiary/aromatic N) is 2. The first kappa shape index (κ1) is 17.3. The second kappa shape index (κ2) is 6.89. The number of fused-ring (bicyclic) bond motifs is 1. The Hall–Kier alpha value is -2.12. The van der Waals surface area contributed by atoms with Gasteiger partial charge in [-0.2, -0.15) is 4.31 Å². The number of rotatable bonds is 3. The number of carbonyl (C=O) groups excluding carboxylic acids is 1. The average molecular weight is 374 g/mol. The molecule has 6 nitrogen and oxygen atoms in total. The molecular formula is C19H22N2O4S. The van der Waals surface area contributed by atoms with Gasteiger partial charge in [-0.25, -0.2) is 8.42 Å². The van der Waals surface area contributed by atoms with Gasteiger partial charge in [0.15, 0.2) is 0 Å². The molecule has 0 aliphatic carbocycles. The highest BCUT2D eigenvalue weighted by atomic mass is 32.2. The fraction of sp³-hybridized carbons (Fsp3) is 0.421. The normalized spacial score (nSPS) is 24.2. The minimum Gasteiger partial charge on any atom is -0.472 e. The van der Waals surface area contributed by atoms with Crippen LogP contribution in [-0.2, 0) is 10.0 Å². The molecule has 26 heavy (non-hydrogen) atoms. The molecule has 138 valence electrons. The van der Waals surface area contributed by atoms with Crippen LogP contribution in [0.1, 0.15) is 29.6 Å². The molecule has 2 fully saturated rings. The van der Waals surface area contributed by atoms with Gasteiger partial charge in [-0.15, -0.1) is 0 Å². The number of carbonyl (C=O) groups is 1. The molecule has 7 heteroatoms. The molecule has 1 amide bonds. The predicted molar refractivity (Wildman–Crippen MR) is 96.1 cm³/mol. The molecule has 2 aliphatic heterocycles. The Kier molecular flexibility index (Phi) is 4.58. The van der Waals surface area contributed by atoms with E-state index in [-0.39, 0.29) is 11.9 Å². The first-order chi connectivity index (χ1) is 12.6. The van der Waals surface area contributed by atoms with E-state index in [1.54, 1.807) is 34.6 Å². The van der Waals surface area contributed by atoms with Gasteiger partial charge in [-0.3, -0.25) is 4.79 Å². The number of furan rings is 1. The van der Waals surface area contributed by atoms with Crippen LogP contribution in [0.3, 0.4) is 0 Å². The predicted octanol–water partition coefficient (Wildman–Crippen LogP) is 2.60. The smallest absolute Gasteiger partial charge is 0.257 e. The van der Waals surface area contributed by atoms with Gasteiger partial charge in [0, 0.05) is 25.7 Å². The highest BCUT2D eigenvalue weighted by Gasteiger charge is 2.40. The summed E-state index contributed by atoms with van der Waals surface area (Å²) in [5.74, 6) is 0.326. The number of benzene rings is 1. The molecule has 1 aromatic carbocycles. The monoisotopic (exact) mass is 374 g/mol. The second-order valence-corrected chi connectivity index (χ2v) is 8.86. The fourth-order valence-corrected chi connectivity index (χ4v) is 5.62. The molecule has 0 saturated carbocycles. The Morgan fingerprint density at radius 2 is 1.73 bits per heavy atom. The first-order valence-electron chi connectivity index (χ1n) is 8.96. The molecule has 0 spiro atoms. The molecule has 0 bridgehead atoms. The maximum Gasteiger partial charge on any atom is 0.257 e. The minimum atomic E-state index is -3.48. The largest absolute Gasteiger partial charge is 0.472 e. The maximum atomic E-state index is 12.9. The Morgan fingerprint density at radius 3 is 2.46 bits per heavy atom. The lowest BCUT2D eigenvalue weighted by Crippen LogP contribution is -2.39. The topological polar surface area (TPSA) is 70.8 Å². The number of sulfonamides is 1. The molecule has 4 rings (SSSR count). The summed E-state index contributed by atoms with van der Waals surface area (Å²) in [6.07, 6.45) is 5.35. The van der Waals surface area contributed by atoms with E-state index in [0.717, 1.165) is 19.4 Å². The van der Waals surface area contributed by atoms with Crippen molar-refractivity contribution in [3.8, 4) is 0 Å². The van der Waals surface area contributed by atoms with Crippen molar-refractivity contribution < 1.29 is 17.6 Å². The summed E-state index contributed by atoms with van der Waals surface area (Å²) < 4.78 is 32.4. The van der Waals surface area contributed by atoms with E-state index in [0.29, 0.717) is 35.9 Å². The molecule has 0 radical (unpaired) electrons. The minimum absolute atomic E-state index is 0.0226. The summed E-state index contributed by atoms with van der Waals surface area (Å²) >= 11 is 0. The van der Waals surface area contributed by atoms with Gasteiger partial charge in [0.1, 0.15) is 6.26 Å². The van der Waals surface area contributed by atoms with Gasteiger partial charge >= 0.3 is 0 Å². The van der Waals surface area contributed by atoms with Crippen molar-refractivity contribution in [2.45, 2.75) is 30.2 Å². The average Bonchev–Trinajstić information content (AvgIpc) is 3.28. The van der Waals surface area contributed by atoms with E-state index < -0.39 is 10.0 Å². The molecule has 2 aliphatic rings. The molecule has 1 aromatic heterocycles. The lowest BCUT2D eigenvalue weighted by atomic mass is 9.95. The third kappa shape index (κ3) is 3.05. The standard InChI is InChI=1S/C19H22N2O4S/c22-19(16-9-13-25-14-16)21-12-7-15-6-10-20(11-8-18(15)21)26(23,24)17-4-2-1-3-5-17/h1-5,9,13-15,18H,6-8,10-12H2/t15-,18+/m0/s1. The Morgan fingerprint density at radius 1 is 1.00 bits per heavy atom. The fourth-order valence-electron chi connectivity index (χ4n) is 4.13. The molecule has 0 N–H and O–H groups in total. The van der Waals surface area contributed by atoms with Crippen molar-refractivity contribution >= 4 is 15.9 Å². The third-order valence-electron chi connectivity index (χ3n) is 5.52. The summed E-state index contributed by atoms with van der Waals surface area (Å²) in [5, 5.41) is 0. The summed E-state index contributed by atoms with van der Waals surface area (Å²) in [6, 6.07) is 10.3. The molecule has 0 unspecified atom stereocenters. The van der Waals surface area contributed by atoms with Crippen LogP contribution in [-0.4, -0.2) is 49.2 Å². The van der Waals surface area contributed by atoms with Crippen LogP contribution < -0.4 is 0 Å². The van der Waals surface area contributed by atoms with E-state index >= 15 is 0 Å². The molecule has 3 heterocycles. The van der Waals surface area contributed by atoms with Crippen molar-refractivity contribution in [2.75, 3.05) is 19.6 Å². The number of hydrogen-bond acceptors (Lipinski definition) is 4.